The van der Waals surface area contributed by atoms with Gasteiger partial charge in [0.05, 0.1) is 5.75 Å². The van der Waals surface area contributed by atoms with E-state index in [0.29, 0.717) is 25.6 Å². The Morgan fingerprint density at radius 2 is 2.15 bits per heavy atom. The molecule has 1 aliphatic heterocycles. The normalized spacial score (nSPS) is 17.5. The summed E-state index contributed by atoms with van der Waals surface area (Å²) in [5.74, 6) is 0.843. The quantitative estimate of drug-likeness (QED) is 0.208. The molecule has 27 heavy (non-hydrogen) atoms. The lowest BCUT2D eigenvalue weighted by molar-refractivity contribution is 0.579. The number of nitrogens with zero attached hydrogens (tertiary/aromatic N) is 2. The van der Waals surface area contributed by atoms with Crippen molar-refractivity contribution in [1.29, 1.82) is 0 Å². The van der Waals surface area contributed by atoms with Crippen LogP contribution in [0.3, 0.4) is 0 Å². The molecule has 154 valence electrons. The summed E-state index contributed by atoms with van der Waals surface area (Å²) in [6.07, 6.45) is 1.71. The second kappa shape index (κ2) is 11.9. The van der Waals surface area contributed by atoms with E-state index in [-0.39, 0.29) is 29.7 Å². The van der Waals surface area contributed by atoms with Crippen molar-refractivity contribution >= 4 is 57.2 Å². The minimum Gasteiger partial charge on any atom is -0.369 e. The zero-order chi connectivity index (χ0) is 19.0. The molecule has 1 atom stereocenters. The van der Waals surface area contributed by atoms with E-state index in [9.17, 15) is 8.42 Å². The van der Waals surface area contributed by atoms with Crippen LogP contribution >= 0.6 is 35.6 Å². The number of aliphatic imine (C=N–C) groups is 1. The molecule has 7 nitrogen and oxygen atoms in total. The predicted octanol–water partition coefficient (Wildman–Crippen LogP) is 2.03. The molecule has 0 amide bonds. The third kappa shape index (κ3) is 8.41. The maximum Gasteiger partial charge on any atom is 0.211 e. The molecule has 0 radical (unpaired) electrons. The van der Waals surface area contributed by atoms with Crippen LogP contribution in [0.5, 0.6) is 0 Å². The van der Waals surface area contributed by atoms with Crippen LogP contribution in [0.4, 0.5) is 5.69 Å². The first-order chi connectivity index (χ1) is 12.4. The SMILES string of the molecule is CCS(=O)(=O)NCCCNC(=NC)NC1CCN(c2cccc(Cl)c2)C1.I. The Morgan fingerprint density at radius 3 is 2.81 bits per heavy atom. The van der Waals surface area contributed by atoms with E-state index in [0.717, 1.165) is 36.2 Å². The highest BCUT2D eigenvalue weighted by molar-refractivity contribution is 14.0. The summed E-state index contributed by atoms with van der Waals surface area (Å²) in [4.78, 5) is 6.54. The molecule has 1 aromatic carbocycles. The van der Waals surface area contributed by atoms with Gasteiger partial charge in [-0.1, -0.05) is 17.7 Å². The summed E-state index contributed by atoms with van der Waals surface area (Å²) < 4.78 is 25.3. The lowest BCUT2D eigenvalue weighted by Crippen LogP contribution is -2.45. The number of sulfonamides is 1. The smallest absolute Gasteiger partial charge is 0.211 e. The monoisotopic (exact) mass is 529 g/mol. The van der Waals surface area contributed by atoms with Gasteiger partial charge in [0.15, 0.2) is 5.96 Å². The minimum atomic E-state index is -3.12. The van der Waals surface area contributed by atoms with Crippen molar-refractivity contribution in [2.24, 2.45) is 4.99 Å². The van der Waals surface area contributed by atoms with E-state index >= 15 is 0 Å². The van der Waals surface area contributed by atoms with E-state index in [1.807, 2.05) is 18.2 Å². The molecule has 0 bridgehead atoms. The first-order valence-corrected chi connectivity index (χ1v) is 10.9. The number of hydrogen-bond donors (Lipinski definition) is 3. The fourth-order valence-corrected chi connectivity index (χ4v) is 3.64. The standard InChI is InChI=1S/C17H28ClN5O2S.HI/c1-3-26(24,25)21-10-5-9-20-17(19-2)22-15-8-11-23(13-15)16-7-4-6-14(18)12-16;/h4,6-7,12,15,21H,3,5,8-11,13H2,1-2H3,(H2,19,20,22);1H. The third-order valence-electron chi connectivity index (χ3n) is 4.27. The van der Waals surface area contributed by atoms with Crippen molar-refractivity contribution in [1.82, 2.24) is 15.4 Å². The van der Waals surface area contributed by atoms with Crippen LogP contribution in [0, 0.1) is 0 Å². The van der Waals surface area contributed by atoms with E-state index in [1.165, 1.54) is 0 Å². The van der Waals surface area contributed by atoms with Crippen molar-refractivity contribution in [3.05, 3.63) is 29.3 Å². The fraction of sp³-hybridized carbons (Fsp3) is 0.588. The number of rotatable bonds is 8. The molecule has 1 saturated heterocycles. The van der Waals surface area contributed by atoms with E-state index < -0.39 is 10.0 Å². The average molecular weight is 530 g/mol. The molecule has 1 unspecified atom stereocenters. The molecule has 0 saturated carbocycles. The van der Waals surface area contributed by atoms with Crippen molar-refractivity contribution < 1.29 is 8.42 Å². The lowest BCUT2D eigenvalue weighted by atomic mass is 10.2. The molecular weight excluding hydrogens is 501 g/mol. The Bertz CT molecular complexity index is 717. The summed E-state index contributed by atoms with van der Waals surface area (Å²) in [5.41, 5.74) is 1.13. The van der Waals surface area contributed by atoms with Crippen LogP contribution in [0.15, 0.2) is 29.3 Å². The summed E-state index contributed by atoms with van der Waals surface area (Å²) >= 11 is 6.07. The topological polar surface area (TPSA) is 85.8 Å². The second-order valence-corrected chi connectivity index (χ2v) is 8.74. The number of benzene rings is 1. The average Bonchev–Trinajstić information content (AvgIpc) is 3.09. The molecule has 1 heterocycles. The Kier molecular flexibility index (Phi) is 10.7. The fourth-order valence-electron chi connectivity index (χ4n) is 2.80. The number of anilines is 1. The summed E-state index contributed by atoms with van der Waals surface area (Å²) in [6.45, 7) is 4.55. The van der Waals surface area contributed by atoms with E-state index in [2.05, 4.69) is 31.3 Å². The Balaban J connectivity index is 0.00000364. The van der Waals surface area contributed by atoms with Crippen molar-refractivity contribution in [2.45, 2.75) is 25.8 Å². The van der Waals surface area contributed by atoms with Crippen molar-refractivity contribution in [3.63, 3.8) is 0 Å². The maximum atomic E-state index is 11.4. The number of hydrogen-bond acceptors (Lipinski definition) is 4. The minimum absolute atomic E-state index is 0. The van der Waals surface area contributed by atoms with E-state index in [4.69, 9.17) is 11.6 Å². The highest BCUT2D eigenvalue weighted by atomic mass is 127. The maximum absolute atomic E-state index is 11.4. The van der Waals surface area contributed by atoms with Crippen molar-refractivity contribution in [2.75, 3.05) is 43.9 Å². The third-order valence-corrected chi connectivity index (χ3v) is 5.91. The Labute approximate surface area is 184 Å². The summed E-state index contributed by atoms with van der Waals surface area (Å²) in [6, 6.07) is 8.20. The van der Waals surface area contributed by atoms with Crippen molar-refractivity contribution in [3.8, 4) is 0 Å². The van der Waals surface area contributed by atoms with Gasteiger partial charge in [-0.2, -0.15) is 0 Å². The molecular formula is C17H29ClIN5O2S. The largest absolute Gasteiger partial charge is 0.369 e. The summed E-state index contributed by atoms with van der Waals surface area (Å²) in [7, 11) is -1.38. The van der Waals surface area contributed by atoms with Gasteiger partial charge in [-0.05, 0) is 38.0 Å². The van der Waals surface area contributed by atoms with Crippen LogP contribution in [0.1, 0.15) is 19.8 Å². The highest BCUT2D eigenvalue weighted by Gasteiger charge is 2.23. The number of guanidine groups is 1. The van der Waals surface area contributed by atoms with Gasteiger partial charge in [0.2, 0.25) is 10.0 Å². The Morgan fingerprint density at radius 1 is 1.37 bits per heavy atom. The van der Waals surface area contributed by atoms with Gasteiger partial charge in [0.25, 0.3) is 0 Å². The van der Waals surface area contributed by atoms with Gasteiger partial charge in [0.1, 0.15) is 0 Å². The summed E-state index contributed by atoms with van der Waals surface area (Å²) in [5, 5.41) is 7.40. The van der Waals surface area contributed by atoms with Gasteiger partial charge in [-0.25, -0.2) is 13.1 Å². The van der Waals surface area contributed by atoms with Gasteiger partial charge in [0, 0.05) is 50.0 Å². The first kappa shape index (κ1) is 24.3. The molecule has 1 aromatic rings. The molecule has 0 spiro atoms. The van der Waals surface area contributed by atoms with Crippen LogP contribution in [-0.4, -0.2) is 59.4 Å². The van der Waals surface area contributed by atoms with Gasteiger partial charge in [-0.15, -0.1) is 24.0 Å². The van der Waals surface area contributed by atoms with Crippen LogP contribution in [-0.2, 0) is 10.0 Å². The molecule has 0 aliphatic carbocycles. The Hall–Kier alpha value is -0.780. The predicted molar refractivity (Wildman–Crippen MR) is 124 cm³/mol. The highest BCUT2D eigenvalue weighted by Crippen LogP contribution is 2.23. The lowest BCUT2D eigenvalue weighted by Gasteiger charge is -2.20. The molecule has 2 rings (SSSR count). The number of nitrogens with one attached hydrogen (secondary N) is 3. The second-order valence-electron chi connectivity index (χ2n) is 6.21. The van der Waals surface area contributed by atoms with Gasteiger partial charge in [-0.3, -0.25) is 4.99 Å². The van der Waals surface area contributed by atoms with Crippen LogP contribution in [0.25, 0.3) is 0 Å². The molecule has 3 N–H and O–H groups in total. The molecule has 1 aliphatic rings. The van der Waals surface area contributed by atoms with E-state index in [1.54, 1.807) is 14.0 Å². The van der Waals surface area contributed by atoms with Crippen LogP contribution < -0.4 is 20.3 Å². The van der Waals surface area contributed by atoms with Gasteiger partial charge < -0.3 is 15.5 Å². The zero-order valence-electron chi connectivity index (χ0n) is 15.7. The van der Waals surface area contributed by atoms with Gasteiger partial charge >= 0.3 is 0 Å². The van der Waals surface area contributed by atoms with Crippen LogP contribution in [0.2, 0.25) is 5.02 Å². The molecule has 1 fully saturated rings. The first-order valence-electron chi connectivity index (χ1n) is 8.88. The number of halogens is 2. The molecule has 0 aromatic heterocycles. The molecule has 10 heteroatoms. The zero-order valence-corrected chi connectivity index (χ0v) is 19.6.